The highest BCUT2D eigenvalue weighted by atomic mass is 16.7. The summed E-state index contributed by atoms with van der Waals surface area (Å²) in [5.41, 5.74) is 4.21. The minimum absolute atomic E-state index is 0.299. The van der Waals surface area contributed by atoms with Crippen LogP contribution in [0.25, 0.3) is 11.3 Å². The molecule has 0 amide bonds. The first kappa shape index (κ1) is 28.7. The average molecular weight is 496 g/mol. The fourth-order valence-corrected chi connectivity index (χ4v) is 4.87. The summed E-state index contributed by atoms with van der Waals surface area (Å²) < 4.78 is 18.1. The normalized spacial score (nSPS) is 17.9. The Kier molecular flexibility index (Phi) is 13.3. The van der Waals surface area contributed by atoms with Crippen LogP contribution in [-0.2, 0) is 9.47 Å². The predicted octanol–water partition coefficient (Wildman–Crippen LogP) is 9.21. The molecule has 4 nitrogen and oxygen atoms in total. The lowest BCUT2D eigenvalue weighted by Crippen LogP contribution is -2.27. The van der Waals surface area contributed by atoms with Gasteiger partial charge in [-0.2, -0.15) is 0 Å². The molecule has 1 aromatic carbocycles. The fraction of sp³-hybridized carbons (Fsp3) is 0.656. The molecule has 0 unspecified atom stereocenters. The molecule has 0 atom stereocenters. The molecule has 2 heterocycles. The van der Waals surface area contributed by atoms with Crippen molar-refractivity contribution in [2.45, 2.75) is 111 Å². The van der Waals surface area contributed by atoms with Crippen molar-refractivity contribution in [2.24, 2.45) is 5.92 Å². The first-order valence-corrected chi connectivity index (χ1v) is 14.6. The molecule has 0 N–H and O–H groups in total. The van der Waals surface area contributed by atoms with Crippen molar-refractivity contribution in [2.75, 3.05) is 19.8 Å². The standard InChI is InChI=1S/C32H49NO3/c1-4-6-8-10-12-14-16-27-24-35-32(36-25-27)29-17-19-30(33-23-29)28-18-20-31(26(3)22-28)34-21-15-13-11-9-7-5-2/h17-20,22-23,27,32H,4-16,21,24-25H2,1-3H3. The fourth-order valence-electron chi connectivity index (χ4n) is 4.87. The van der Waals surface area contributed by atoms with E-state index in [1.807, 2.05) is 6.20 Å². The molecule has 4 heteroatoms. The Bertz CT molecular complexity index is 843. The van der Waals surface area contributed by atoms with Crippen LogP contribution in [0.2, 0.25) is 0 Å². The highest BCUT2D eigenvalue weighted by molar-refractivity contribution is 5.62. The Labute approximate surface area is 220 Å². The number of hydrogen-bond acceptors (Lipinski definition) is 4. The molecule has 1 aliphatic rings. The van der Waals surface area contributed by atoms with Crippen molar-refractivity contribution >= 4 is 0 Å². The zero-order valence-corrected chi connectivity index (χ0v) is 23.1. The second kappa shape index (κ2) is 16.8. The molecule has 0 bridgehead atoms. The summed E-state index contributed by atoms with van der Waals surface area (Å²) in [7, 11) is 0. The number of benzene rings is 1. The molecule has 0 saturated carbocycles. The van der Waals surface area contributed by atoms with Crippen molar-refractivity contribution in [3.05, 3.63) is 47.7 Å². The second-order valence-corrected chi connectivity index (χ2v) is 10.5. The van der Waals surface area contributed by atoms with Gasteiger partial charge in [0.15, 0.2) is 6.29 Å². The Morgan fingerprint density at radius 3 is 2.11 bits per heavy atom. The lowest BCUT2D eigenvalue weighted by Gasteiger charge is -2.29. The number of nitrogens with zero attached hydrogens (tertiary/aromatic N) is 1. The number of rotatable bonds is 17. The van der Waals surface area contributed by atoms with Gasteiger partial charge in [0.25, 0.3) is 0 Å². The van der Waals surface area contributed by atoms with E-state index in [0.29, 0.717) is 5.92 Å². The molecule has 36 heavy (non-hydrogen) atoms. The van der Waals surface area contributed by atoms with E-state index in [-0.39, 0.29) is 6.29 Å². The Morgan fingerprint density at radius 1 is 0.806 bits per heavy atom. The Morgan fingerprint density at radius 2 is 1.47 bits per heavy atom. The maximum Gasteiger partial charge on any atom is 0.185 e. The lowest BCUT2D eigenvalue weighted by molar-refractivity contribution is -0.206. The summed E-state index contributed by atoms with van der Waals surface area (Å²) in [6.07, 6.45) is 18.5. The molecule has 1 aliphatic heterocycles. The van der Waals surface area contributed by atoms with Crippen LogP contribution in [-0.4, -0.2) is 24.8 Å². The molecule has 2 aromatic rings. The number of aromatic nitrogens is 1. The van der Waals surface area contributed by atoms with Crippen molar-refractivity contribution in [1.82, 2.24) is 4.98 Å². The summed E-state index contributed by atoms with van der Waals surface area (Å²) in [5, 5.41) is 0. The van der Waals surface area contributed by atoms with E-state index >= 15 is 0 Å². The predicted molar refractivity (Wildman–Crippen MR) is 149 cm³/mol. The van der Waals surface area contributed by atoms with Gasteiger partial charge >= 0.3 is 0 Å². The van der Waals surface area contributed by atoms with E-state index in [2.05, 4.69) is 51.1 Å². The molecule has 0 radical (unpaired) electrons. The van der Waals surface area contributed by atoms with Crippen molar-refractivity contribution in [3.63, 3.8) is 0 Å². The molecule has 1 aromatic heterocycles. The number of pyridine rings is 1. The highest BCUT2D eigenvalue weighted by Gasteiger charge is 2.23. The largest absolute Gasteiger partial charge is 0.493 e. The molecule has 0 spiro atoms. The first-order chi connectivity index (χ1) is 17.7. The summed E-state index contributed by atoms with van der Waals surface area (Å²) in [5.74, 6) is 1.49. The number of ether oxygens (including phenoxy) is 3. The summed E-state index contributed by atoms with van der Waals surface area (Å²) >= 11 is 0. The van der Waals surface area contributed by atoms with Gasteiger partial charge in [0.1, 0.15) is 5.75 Å². The minimum Gasteiger partial charge on any atom is -0.493 e. The van der Waals surface area contributed by atoms with Gasteiger partial charge in [-0.1, -0.05) is 90.5 Å². The number of aryl methyl sites for hydroxylation is 1. The maximum absolute atomic E-state index is 6.05. The van der Waals surface area contributed by atoms with Crippen molar-refractivity contribution in [1.29, 1.82) is 0 Å². The van der Waals surface area contributed by atoms with E-state index in [0.717, 1.165) is 54.4 Å². The van der Waals surface area contributed by atoms with E-state index < -0.39 is 0 Å². The van der Waals surface area contributed by atoms with E-state index in [1.165, 1.54) is 77.0 Å². The third-order valence-corrected chi connectivity index (χ3v) is 7.22. The summed E-state index contributed by atoms with van der Waals surface area (Å²) in [6.45, 7) is 8.98. The Hall–Kier alpha value is -1.91. The van der Waals surface area contributed by atoms with Crippen LogP contribution < -0.4 is 4.74 Å². The third kappa shape index (κ3) is 9.86. The van der Waals surface area contributed by atoms with Gasteiger partial charge in [0.2, 0.25) is 0 Å². The summed E-state index contributed by atoms with van der Waals surface area (Å²) in [6, 6.07) is 10.5. The molecule has 200 valence electrons. The van der Waals surface area contributed by atoms with Gasteiger partial charge in [-0.05, 0) is 49.6 Å². The van der Waals surface area contributed by atoms with Gasteiger partial charge in [-0.25, -0.2) is 0 Å². The van der Waals surface area contributed by atoms with Crippen molar-refractivity contribution < 1.29 is 14.2 Å². The molecular formula is C32H49NO3. The maximum atomic E-state index is 6.05. The third-order valence-electron chi connectivity index (χ3n) is 7.22. The molecule has 3 rings (SSSR count). The van der Waals surface area contributed by atoms with Gasteiger partial charge in [0.05, 0.1) is 25.5 Å². The van der Waals surface area contributed by atoms with Crippen LogP contribution in [0.1, 0.15) is 115 Å². The van der Waals surface area contributed by atoms with Crippen LogP contribution in [0.15, 0.2) is 36.5 Å². The minimum atomic E-state index is -0.299. The van der Waals surface area contributed by atoms with E-state index in [4.69, 9.17) is 19.2 Å². The second-order valence-electron chi connectivity index (χ2n) is 10.5. The van der Waals surface area contributed by atoms with Crippen LogP contribution in [0.3, 0.4) is 0 Å². The zero-order valence-electron chi connectivity index (χ0n) is 23.1. The monoisotopic (exact) mass is 495 g/mol. The Balaban J connectivity index is 1.40. The van der Waals surface area contributed by atoms with Crippen LogP contribution in [0.5, 0.6) is 5.75 Å². The SMILES string of the molecule is CCCCCCCCOc1ccc(-c2ccc(C3OCC(CCCCCCCC)CO3)cn2)cc1C. The zero-order chi connectivity index (χ0) is 25.4. The van der Waals surface area contributed by atoms with Gasteiger partial charge in [-0.15, -0.1) is 0 Å². The van der Waals surface area contributed by atoms with Gasteiger partial charge in [0, 0.05) is 23.2 Å². The molecular weight excluding hydrogens is 446 g/mol. The molecule has 1 fully saturated rings. The quantitative estimate of drug-likeness (QED) is 0.205. The van der Waals surface area contributed by atoms with Crippen molar-refractivity contribution in [3.8, 4) is 17.0 Å². The lowest BCUT2D eigenvalue weighted by atomic mass is 10.0. The van der Waals surface area contributed by atoms with Crippen LogP contribution in [0.4, 0.5) is 0 Å². The van der Waals surface area contributed by atoms with Gasteiger partial charge in [-0.3, -0.25) is 4.98 Å². The molecule has 1 saturated heterocycles. The topological polar surface area (TPSA) is 40.6 Å². The first-order valence-electron chi connectivity index (χ1n) is 14.6. The van der Waals surface area contributed by atoms with E-state index in [1.54, 1.807) is 0 Å². The average Bonchev–Trinajstić information content (AvgIpc) is 2.91. The molecule has 0 aliphatic carbocycles. The van der Waals surface area contributed by atoms with E-state index in [9.17, 15) is 0 Å². The number of unbranched alkanes of at least 4 members (excludes halogenated alkanes) is 10. The summed E-state index contributed by atoms with van der Waals surface area (Å²) in [4.78, 5) is 4.71. The van der Waals surface area contributed by atoms with Gasteiger partial charge < -0.3 is 14.2 Å². The highest BCUT2D eigenvalue weighted by Crippen LogP contribution is 2.29. The van der Waals surface area contributed by atoms with Crippen LogP contribution >= 0.6 is 0 Å². The number of hydrogen-bond donors (Lipinski definition) is 0. The van der Waals surface area contributed by atoms with Crippen LogP contribution in [0, 0.1) is 12.8 Å². The smallest absolute Gasteiger partial charge is 0.185 e.